The van der Waals surface area contributed by atoms with E-state index in [0.29, 0.717) is 20.8 Å². The number of halogens is 1. The minimum absolute atomic E-state index is 0.00438. The Balaban J connectivity index is 2.43. The first-order valence-electron chi connectivity index (χ1n) is 5.96. The lowest BCUT2D eigenvalue weighted by molar-refractivity contribution is 0.0596. The Morgan fingerprint density at radius 2 is 2.00 bits per heavy atom. The fourth-order valence-electron chi connectivity index (χ4n) is 1.61. The van der Waals surface area contributed by atoms with E-state index in [1.54, 1.807) is 12.1 Å². The number of carbonyl (C=O) groups excluding carboxylic acids is 1. The van der Waals surface area contributed by atoms with Crippen LogP contribution in [0.4, 0.5) is 0 Å². The number of rotatable bonds is 4. The van der Waals surface area contributed by atoms with Gasteiger partial charge in [0.25, 0.3) is 5.88 Å². The third-order valence-corrected chi connectivity index (χ3v) is 3.16. The molecule has 0 aliphatic rings. The SMILES string of the molecule is COC(=O)c1cc(I)nnc1Oc1ccc(C#N)cc1OC. The molecule has 0 amide bonds. The molecule has 0 spiro atoms. The molecule has 0 fully saturated rings. The van der Waals surface area contributed by atoms with E-state index in [4.69, 9.17) is 19.5 Å². The van der Waals surface area contributed by atoms with Crippen molar-refractivity contribution in [3.63, 3.8) is 0 Å². The average molecular weight is 411 g/mol. The minimum atomic E-state index is -0.588. The molecular weight excluding hydrogens is 401 g/mol. The first-order chi connectivity index (χ1) is 10.6. The van der Waals surface area contributed by atoms with Crippen molar-refractivity contribution in [2.75, 3.05) is 14.2 Å². The summed E-state index contributed by atoms with van der Waals surface area (Å²) in [5.41, 5.74) is 0.569. The summed E-state index contributed by atoms with van der Waals surface area (Å²) in [6.07, 6.45) is 0. The Hall–Kier alpha value is -2.41. The molecule has 2 rings (SSSR count). The zero-order valence-corrected chi connectivity index (χ0v) is 13.8. The summed E-state index contributed by atoms with van der Waals surface area (Å²) in [5.74, 6) is 0.0584. The molecule has 0 aliphatic carbocycles. The number of benzene rings is 1. The molecule has 22 heavy (non-hydrogen) atoms. The molecule has 0 saturated heterocycles. The van der Waals surface area contributed by atoms with E-state index in [1.165, 1.54) is 26.4 Å². The molecule has 1 aromatic heterocycles. The number of methoxy groups -OCH3 is 2. The summed E-state index contributed by atoms with van der Waals surface area (Å²) >= 11 is 1.93. The second-order valence-corrected chi connectivity index (χ2v) is 5.06. The molecule has 0 unspecified atom stereocenters. The van der Waals surface area contributed by atoms with Gasteiger partial charge in [0.05, 0.1) is 25.9 Å². The Labute approximate surface area is 140 Å². The maximum atomic E-state index is 11.8. The minimum Gasteiger partial charge on any atom is -0.493 e. The van der Waals surface area contributed by atoms with Crippen LogP contribution in [0, 0.1) is 15.0 Å². The van der Waals surface area contributed by atoms with Gasteiger partial charge in [0.1, 0.15) is 9.26 Å². The largest absolute Gasteiger partial charge is 0.493 e. The summed E-state index contributed by atoms with van der Waals surface area (Å²) in [4.78, 5) is 11.8. The number of hydrogen-bond acceptors (Lipinski definition) is 7. The lowest BCUT2D eigenvalue weighted by atomic mass is 10.2. The maximum Gasteiger partial charge on any atom is 0.343 e. The van der Waals surface area contributed by atoms with Gasteiger partial charge in [-0.3, -0.25) is 0 Å². The Kier molecular flexibility index (Phi) is 5.11. The number of esters is 1. The maximum absolute atomic E-state index is 11.8. The summed E-state index contributed by atoms with van der Waals surface area (Å²) < 4.78 is 16.0. The summed E-state index contributed by atoms with van der Waals surface area (Å²) in [6.45, 7) is 0. The number of aromatic nitrogens is 2. The van der Waals surface area contributed by atoms with Crippen molar-refractivity contribution >= 4 is 28.6 Å². The highest BCUT2D eigenvalue weighted by Crippen LogP contribution is 2.32. The van der Waals surface area contributed by atoms with Gasteiger partial charge in [-0.25, -0.2) is 4.79 Å². The molecule has 7 nitrogen and oxygen atoms in total. The van der Waals surface area contributed by atoms with Gasteiger partial charge in [0.15, 0.2) is 11.5 Å². The second kappa shape index (κ2) is 7.04. The highest BCUT2D eigenvalue weighted by molar-refractivity contribution is 14.1. The van der Waals surface area contributed by atoms with E-state index in [-0.39, 0.29) is 11.4 Å². The van der Waals surface area contributed by atoms with Crippen molar-refractivity contribution in [2.45, 2.75) is 0 Å². The molecule has 1 aromatic carbocycles. The number of carbonyl (C=O) groups is 1. The fourth-order valence-corrected chi connectivity index (χ4v) is 2.03. The van der Waals surface area contributed by atoms with Gasteiger partial charge in [-0.2, -0.15) is 5.26 Å². The number of hydrogen-bond donors (Lipinski definition) is 0. The number of nitrogens with zero attached hydrogens (tertiary/aromatic N) is 3. The lowest BCUT2D eigenvalue weighted by Crippen LogP contribution is -2.07. The van der Waals surface area contributed by atoms with Crippen LogP contribution in [-0.2, 0) is 4.74 Å². The fraction of sp³-hybridized carbons (Fsp3) is 0.143. The van der Waals surface area contributed by atoms with Crippen molar-refractivity contribution in [3.05, 3.63) is 39.1 Å². The van der Waals surface area contributed by atoms with Gasteiger partial charge in [-0.1, -0.05) is 0 Å². The Morgan fingerprint density at radius 3 is 2.64 bits per heavy atom. The normalized spacial score (nSPS) is 9.73. The van der Waals surface area contributed by atoms with Crippen LogP contribution in [0.5, 0.6) is 17.4 Å². The van der Waals surface area contributed by atoms with Crippen molar-refractivity contribution < 1.29 is 19.0 Å². The van der Waals surface area contributed by atoms with Crippen molar-refractivity contribution in [1.82, 2.24) is 10.2 Å². The third kappa shape index (κ3) is 3.43. The van der Waals surface area contributed by atoms with Gasteiger partial charge in [0, 0.05) is 6.07 Å². The molecule has 8 heteroatoms. The quantitative estimate of drug-likeness (QED) is 0.564. The summed E-state index contributed by atoms with van der Waals surface area (Å²) in [7, 11) is 2.71. The zero-order chi connectivity index (χ0) is 16.1. The first kappa shape index (κ1) is 16.0. The van der Waals surface area contributed by atoms with Crippen molar-refractivity contribution in [3.8, 4) is 23.4 Å². The topological polar surface area (TPSA) is 94.3 Å². The van der Waals surface area contributed by atoms with Crippen molar-refractivity contribution in [1.29, 1.82) is 5.26 Å². The molecule has 0 saturated carbocycles. The van der Waals surface area contributed by atoms with Gasteiger partial charge in [0.2, 0.25) is 0 Å². The summed E-state index contributed by atoms with van der Waals surface area (Å²) in [5, 5.41) is 16.6. The highest BCUT2D eigenvalue weighted by Gasteiger charge is 2.18. The number of ether oxygens (including phenoxy) is 3. The average Bonchev–Trinajstić information content (AvgIpc) is 2.55. The van der Waals surface area contributed by atoms with E-state index in [2.05, 4.69) is 10.2 Å². The van der Waals surface area contributed by atoms with Gasteiger partial charge >= 0.3 is 5.97 Å². The summed E-state index contributed by atoms with van der Waals surface area (Å²) in [6, 6.07) is 8.15. The van der Waals surface area contributed by atoms with E-state index in [0.717, 1.165) is 0 Å². The van der Waals surface area contributed by atoms with Crippen LogP contribution in [0.3, 0.4) is 0 Å². The predicted molar refractivity (Wildman–Crippen MR) is 83.9 cm³/mol. The third-order valence-electron chi connectivity index (χ3n) is 2.63. The van der Waals surface area contributed by atoms with Crippen LogP contribution in [0.15, 0.2) is 24.3 Å². The van der Waals surface area contributed by atoms with Crippen LogP contribution in [0.2, 0.25) is 0 Å². The van der Waals surface area contributed by atoms with E-state index < -0.39 is 5.97 Å². The van der Waals surface area contributed by atoms with Gasteiger partial charge < -0.3 is 14.2 Å². The Morgan fingerprint density at radius 1 is 1.23 bits per heavy atom. The van der Waals surface area contributed by atoms with Crippen LogP contribution in [0.1, 0.15) is 15.9 Å². The van der Waals surface area contributed by atoms with Gasteiger partial charge in [-0.15, -0.1) is 10.2 Å². The highest BCUT2D eigenvalue weighted by atomic mass is 127. The van der Waals surface area contributed by atoms with Crippen LogP contribution < -0.4 is 9.47 Å². The second-order valence-electron chi connectivity index (χ2n) is 3.96. The van der Waals surface area contributed by atoms with E-state index in [1.807, 2.05) is 28.7 Å². The molecule has 112 valence electrons. The van der Waals surface area contributed by atoms with E-state index >= 15 is 0 Å². The van der Waals surface area contributed by atoms with Gasteiger partial charge in [-0.05, 0) is 40.8 Å². The molecule has 1 heterocycles. The zero-order valence-electron chi connectivity index (χ0n) is 11.7. The molecule has 0 bridgehead atoms. The molecule has 0 atom stereocenters. The molecular formula is C14H10IN3O4. The first-order valence-corrected chi connectivity index (χ1v) is 7.04. The predicted octanol–water partition coefficient (Wildman–Crippen LogP) is 2.54. The smallest absolute Gasteiger partial charge is 0.343 e. The Bertz CT molecular complexity index is 758. The van der Waals surface area contributed by atoms with E-state index in [9.17, 15) is 4.79 Å². The standard InChI is InChI=1S/C14H10IN3O4/c1-20-11-5-8(7-16)3-4-10(11)22-13-9(14(19)21-2)6-12(15)17-18-13/h3-6H,1-2H3. The lowest BCUT2D eigenvalue weighted by Gasteiger charge is -2.11. The van der Waals surface area contributed by atoms with Crippen LogP contribution in [0.25, 0.3) is 0 Å². The molecule has 2 aromatic rings. The van der Waals surface area contributed by atoms with Crippen LogP contribution in [-0.4, -0.2) is 30.4 Å². The molecule has 0 radical (unpaired) electrons. The number of nitriles is 1. The molecule has 0 N–H and O–H groups in total. The monoisotopic (exact) mass is 411 g/mol. The van der Waals surface area contributed by atoms with Crippen LogP contribution >= 0.6 is 22.6 Å². The molecule has 0 aliphatic heterocycles. The van der Waals surface area contributed by atoms with Crippen molar-refractivity contribution in [2.24, 2.45) is 0 Å².